The van der Waals surface area contributed by atoms with Crippen molar-refractivity contribution in [3.05, 3.63) is 54.4 Å². The van der Waals surface area contributed by atoms with Gasteiger partial charge in [0.05, 0.1) is 48.3 Å². The fraction of sp³-hybridized carbons (Fsp3) is 0.367. The van der Waals surface area contributed by atoms with Gasteiger partial charge in [0.15, 0.2) is 0 Å². The number of nitriles is 1. The van der Waals surface area contributed by atoms with E-state index in [0.29, 0.717) is 30.2 Å². The highest BCUT2D eigenvalue weighted by Crippen LogP contribution is 2.36. The lowest BCUT2D eigenvalue weighted by Crippen LogP contribution is -2.46. The zero-order chi connectivity index (χ0) is 28.3. The van der Waals surface area contributed by atoms with E-state index in [2.05, 4.69) is 38.1 Å². The van der Waals surface area contributed by atoms with Gasteiger partial charge >= 0.3 is 0 Å². The van der Waals surface area contributed by atoms with Gasteiger partial charge in [-0.25, -0.2) is 18.5 Å². The van der Waals surface area contributed by atoms with Gasteiger partial charge in [0.2, 0.25) is 0 Å². The molecule has 10 nitrogen and oxygen atoms in total. The van der Waals surface area contributed by atoms with Gasteiger partial charge in [0.1, 0.15) is 35.6 Å². The van der Waals surface area contributed by atoms with Gasteiger partial charge in [0, 0.05) is 67.5 Å². The Hall–Kier alpha value is -3.98. The van der Waals surface area contributed by atoms with Crippen LogP contribution in [-0.2, 0) is 15.7 Å². The Morgan fingerprint density at radius 3 is 2.54 bits per heavy atom. The number of rotatable bonds is 7. The Labute approximate surface area is 241 Å². The van der Waals surface area contributed by atoms with Crippen molar-refractivity contribution >= 4 is 27.7 Å². The van der Waals surface area contributed by atoms with E-state index < -0.39 is 11.0 Å². The zero-order valence-corrected chi connectivity index (χ0v) is 23.9. The molecule has 212 valence electrons. The van der Waals surface area contributed by atoms with E-state index in [0.717, 1.165) is 78.4 Å². The Kier molecular flexibility index (Phi) is 7.87. The third-order valence-electron chi connectivity index (χ3n) is 7.69. The fourth-order valence-electron chi connectivity index (χ4n) is 5.46. The lowest BCUT2D eigenvalue weighted by atomic mass is 10.0. The molecule has 0 radical (unpaired) electrons. The summed E-state index contributed by atoms with van der Waals surface area (Å²) < 4.78 is 31.2. The molecule has 1 atom stereocenters. The van der Waals surface area contributed by atoms with Crippen LogP contribution >= 0.6 is 0 Å². The zero-order valence-electron chi connectivity index (χ0n) is 23.1. The van der Waals surface area contributed by atoms with Crippen LogP contribution < -0.4 is 14.4 Å². The Morgan fingerprint density at radius 1 is 1.02 bits per heavy atom. The van der Waals surface area contributed by atoms with E-state index in [1.165, 1.54) is 6.33 Å². The second-order valence-corrected chi connectivity index (χ2v) is 11.5. The summed E-state index contributed by atoms with van der Waals surface area (Å²) in [7, 11) is 0.723. The molecule has 4 heterocycles. The maximum atomic E-state index is 11.8. The van der Waals surface area contributed by atoms with Gasteiger partial charge < -0.3 is 24.1 Å². The van der Waals surface area contributed by atoms with Gasteiger partial charge in [-0.2, -0.15) is 5.26 Å². The normalized spacial score (nSPS) is 17.3. The SMILES string of the molecule is COc1cc(-c2cc3c(-c4ccc(OC5CCOCC5)c(C#N)c4)ncnc3[nH]2)ccc1N1CCN(S(C)=O)CC1. The number of anilines is 1. The summed E-state index contributed by atoms with van der Waals surface area (Å²) in [6.07, 6.45) is 4.93. The Bertz CT molecular complexity index is 1620. The van der Waals surface area contributed by atoms with Crippen LogP contribution in [0.4, 0.5) is 5.69 Å². The highest BCUT2D eigenvalue weighted by molar-refractivity contribution is 7.81. The molecule has 41 heavy (non-hydrogen) atoms. The summed E-state index contributed by atoms with van der Waals surface area (Å²) in [5, 5.41) is 10.7. The molecule has 0 spiro atoms. The van der Waals surface area contributed by atoms with Crippen LogP contribution in [0.1, 0.15) is 18.4 Å². The van der Waals surface area contributed by atoms with Crippen molar-refractivity contribution in [3.63, 3.8) is 0 Å². The number of fused-ring (bicyclic) bond motifs is 1. The topological polar surface area (TPSA) is 117 Å². The van der Waals surface area contributed by atoms with E-state index in [9.17, 15) is 9.47 Å². The summed E-state index contributed by atoms with van der Waals surface area (Å²) in [5.74, 6) is 1.36. The maximum absolute atomic E-state index is 11.8. The minimum Gasteiger partial charge on any atom is -0.495 e. The number of nitrogens with one attached hydrogen (secondary N) is 1. The van der Waals surface area contributed by atoms with Crippen molar-refractivity contribution in [3.8, 4) is 40.1 Å². The summed E-state index contributed by atoms with van der Waals surface area (Å²) in [5.41, 5.74) is 5.60. The number of nitrogens with zero attached hydrogens (tertiary/aromatic N) is 5. The minimum atomic E-state index is -0.954. The number of H-pyrrole nitrogens is 1. The van der Waals surface area contributed by atoms with Crippen LogP contribution in [0.15, 0.2) is 48.8 Å². The van der Waals surface area contributed by atoms with Gasteiger partial charge in [-0.3, -0.25) is 0 Å². The number of methoxy groups -OCH3 is 1. The molecular formula is C30H32N6O4S. The van der Waals surface area contributed by atoms with Gasteiger partial charge in [-0.05, 0) is 36.4 Å². The summed E-state index contributed by atoms with van der Waals surface area (Å²) in [6.45, 7) is 4.40. The largest absolute Gasteiger partial charge is 0.495 e. The van der Waals surface area contributed by atoms with Gasteiger partial charge in [-0.15, -0.1) is 0 Å². The quantitative estimate of drug-likeness (QED) is 0.351. The van der Waals surface area contributed by atoms with Crippen molar-refractivity contribution in [2.45, 2.75) is 18.9 Å². The molecular weight excluding hydrogens is 540 g/mol. The maximum Gasteiger partial charge on any atom is 0.142 e. The second-order valence-electron chi connectivity index (χ2n) is 10.1. The number of aromatic nitrogens is 3. The number of aromatic amines is 1. The van der Waals surface area contributed by atoms with E-state index in [4.69, 9.17) is 14.2 Å². The van der Waals surface area contributed by atoms with Crippen LogP contribution in [-0.4, -0.2) is 82.3 Å². The number of hydrogen-bond donors (Lipinski definition) is 1. The van der Waals surface area contributed by atoms with Crippen molar-refractivity contribution in [2.75, 3.05) is 57.7 Å². The first-order valence-electron chi connectivity index (χ1n) is 13.7. The molecule has 2 aromatic heterocycles. The molecule has 2 aromatic carbocycles. The molecule has 0 saturated carbocycles. The standard InChI is InChI=1S/C30H32N6O4S/c1-38-28-16-20(3-5-26(28)35-9-11-36(12-10-35)41(2)37)25-17-24-29(32-19-33-30(24)34-25)21-4-6-27(22(15-21)18-31)40-23-7-13-39-14-8-23/h3-6,15-17,19,23H,7-14H2,1-2H3,(H,32,33,34). The first-order valence-corrected chi connectivity index (χ1v) is 15.2. The number of ether oxygens (including phenoxy) is 3. The highest BCUT2D eigenvalue weighted by atomic mass is 32.2. The van der Waals surface area contributed by atoms with E-state index >= 15 is 0 Å². The molecule has 2 aliphatic rings. The molecule has 0 bridgehead atoms. The van der Waals surface area contributed by atoms with Crippen molar-refractivity contribution in [1.82, 2.24) is 19.3 Å². The molecule has 2 saturated heterocycles. The predicted molar refractivity (Wildman–Crippen MR) is 158 cm³/mol. The van der Waals surface area contributed by atoms with Crippen LogP contribution in [0.25, 0.3) is 33.5 Å². The van der Waals surface area contributed by atoms with Gasteiger partial charge in [-0.1, -0.05) is 6.07 Å². The first kappa shape index (κ1) is 27.2. The highest BCUT2D eigenvalue weighted by Gasteiger charge is 2.23. The van der Waals surface area contributed by atoms with Crippen molar-refractivity contribution < 1.29 is 18.4 Å². The average molecular weight is 573 g/mol. The van der Waals surface area contributed by atoms with E-state index in [1.54, 1.807) is 13.4 Å². The minimum absolute atomic E-state index is 0.0505. The predicted octanol–water partition coefficient (Wildman–Crippen LogP) is 4.15. The second kappa shape index (κ2) is 11.9. The fourth-order valence-corrected chi connectivity index (χ4v) is 6.14. The third-order valence-corrected chi connectivity index (χ3v) is 8.79. The molecule has 0 aliphatic carbocycles. The number of hydrogen-bond acceptors (Lipinski definition) is 8. The molecule has 4 aromatic rings. The van der Waals surface area contributed by atoms with Crippen LogP contribution in [0.5, 0.6) is 11.5 Å². The molecule has 2 aliphatic heterocycles. The van der Waals surface area contributed by atoms with Crippen molar-refractivity contribution in [2.24, 2.45) is 0 Å². The monoisotopic (exact) mass is 572 g/mol. The summed E-state index contributed by atoms with van der Waals surface area (Å²) >= 11 is 0. The molecule has 0 amide bonds. The third kappa shape index (κ3) is 5.63. The van der Waals surface area contributed by atoms with Crippen molar-refractivity contribution in [1.29, 1.82) is 5.26 Å². The number of benzene rings is 2. The average Bonchev–Trinajstić information content (AvgIpc) is 3.46. The molecule has 11 heteroatoms. The van der Waals surface area contributed by atoms with Crippen LogP contribution in [0, 0.1) is 11.3 Å². The lowest BCUT2D eigenvalue weighted by Gasteiger charge is -2.35. The lowest BCUT2D eigenvalue weighted by molar-refractivity contribution is 0.0254. The Morgan fingerprint density at radius 2 is 1.80 bits per heavy atom. The molecule has 6 rings (SSSR count). The molecule has 2 fully saturated rings. The van der Waals surface area contributed by atoms with Gasteiger partial charge in [0.25, 0.3) is 0 Å². The summed E-state index contributed by atoms with van der Waals surface area (Å²) in [4.78, 5) is 14.7. The summed E-state index contributed by atoms with van der Waals surface area (Å²) in [6, 6.07) is 16.1. The molecule has 1 unspecified atom stereocenters. The van der Waals surface area contributed by atoms with Crippen LogP contribution in [0.3, 0.4) is 0 Å². The van der Waals surface area contributed by atoms with E-state index in [1.807, 2.05) is 34.6 Å². The first-order chi connectivity index (χ1) is 20.0. The Balaban J connectivity index is 1.28. The molecule has 1 N–H and O–H groups in total. The number of piperazine rings is 1. The smallest absolute Gasteiger partial charge is 0.142 e. The van der Waals surface area contributed by atoms with E-state index in [-0.39, 0.29) is 6.10 Å². The van der Waals surface area contributed by atoms with Crippen LogP contribution in [0.2, 0.25) is 0 Å².